The molecule has 1 aliphatic heterocycles. The van der Waals surface area contributed by atoms with Gasteiger partial charge in [0.1, 0.15) is 6.10 Å². The molecule has 0 radical (unpaired) electrons. The van der Waals surface area contributed by atoms with Crippen LogP contribution in [-0.2, 0) is 9.47 Å². The maximum Gasteiger partial charge on any atom is 0.338 e. The van der Waals surface area contributed by atoms with Crippen molar-refractivity contribution in [2.45, 2.75) is 64.4 Å². The quantitative estimate of drug-likeness (QED) is 0.125. The van der Waals surface area contributed by atoms with Gasteiger partial charge in [-0.15, -0.1) is 0 Å². The fraction of sp³-hybridized carbons (Fsp3) is 0.632. The number of carbonyl (C=O) groups is 2. The number of methoxy groups -OCH3 is 5. The molecule has 2 aliphatic rings. The molecule has 1 aliphatic carbocycles. The molecule has 2 atom stereocenters. The van der Waals surface area contributed by atoms with Gasteiger partial charge >= 0.3 is 11.9 Å². The van der Waals surface area contributed by atoms with Crippen LogP contribution in [0.4, 0.5) is 0 Å². The predicted octanol–water partition coefficient (Wildman–Crippen LogP) is 5.78. The predicted molar refractivity (Wildman–Crippen MR) is 190 cm³/mol. The lowest BCUT2D eigenvalue weighted by Gasteiger charge is -2.29. The number of benzene rings is 2. The summed E-state index contributed by atoms with van der Waals surface area (Å²) in [5.41, 5.74) is 0.675. The van der Waals surface area contributed by atoms with Crippen LogP contribution in [-0.4, -0.2) is 104 Å². The smallest absolute Gasteiger partial charge is 0.338 e. The van der Waals surface area contributed by atoms with Crippen LogP contribution >= 0.6 is 0 Å². The van der Waals surface area contributed by atoms with E-state index >= 15 is 0 Å². The van der Waals surface area contributed by atoms with Crippen molar-refractivity contribution in [3.8, 4) is 34.5 Å². The van der Waals surface area contributed by atoms with Crippen LogP contribution in [0.3, 0.4) is 0 Å². The molecule has 12 heteroatoms. The summed E-state index contributed by atoms with van der Waals surface area (Å²) in [5.74, 6) is 2.29. The van der Waals surface area contributed by atoms with Crippen molar-refractivity contribution in [1.29, 1.82) is 0 Å². The molecule has 2 aromatic rings. The van der Waals surface area contributed by atoms with Crippen molar-refractivity contribution in [2.24, 2.45) is 11.8 Å². The summed E-state index contributed by atoms with van der Waals surface area (Å²) in [4.78, 5) is 28.9. The number of nitrogens with one attached hydrogen (secondary N) is 1. The molecule has 4 rings (SSSR count). The van der Waals surface area contributed by atoms with Gasteiger partial charge in [-0.05, 0) is 94.3 Å². The number of hydrogen-bond acceptors (Lipinski definition) is 12. The summed E-state index contributed by atoms with van der Waals surface area (Å²) >= 11 is 0. The first-order valence-electron chi connectivity index (χ1n) is 17.9. The van der Waals surface area contributed by atoms with Gasteiger partial charge in [0.15, 0.2) is 23.0 Å². The van der Waals surface area contributed by atoms with E-state index in [1.807, 2.05) is 6.92 Å². The van der Waals surface area contributed by atoms with Gasteiger partial charge in [-0.1, -0.05) is 19.8 Å². The van der Waals surface area contributed by atoms with E-state index in [4.69, 9.17) is 37.9 Å². The number of rotatable bonds is 21. The Morgan fingerprint density at radius 1 is 0.780 bits per heavy atom. The first-order valence-corrected chi connectivity index (χ1v) is 17.9. The molecule has 12 nitrogen and oxygen atoms in total. The first kappa shape index (κ1) is 38.9. The lowest BCUT2D eigenvalue weighted by Crippen LogP contribution is -2.33. The van der Waals surface area contributed by atoms with E-state index in [0.717, 1.165) is 58.4 Å². The number of carbonyl (C=O) groups excluding carboxylic acids is 2. The zero-order valence-electron chi connectivity index (χ0n) is 30.7. The van der Waals surface area contributed by atoms with E-state index in [9.17, 15) is 9.59 Å². The summed E-state index contributed by atoms with van der Waals surface area (Å²) in [6.45, 7) is 7.71. The van der Waals surface area contributed by atoms with Gasteiger partial charge in [0.2, 0.25) is 11.5 Å². The third-order valence-corrected chi connectivity index (χ3v) is 9.45. The number of hydrogen-bond donors (Lipinski definition) is 1. The molecule has 0 spiro atoms. The molecule has 50 heavy (non-hydrogen) atoms. The van der Waals surface area contributed by atoms with Crippen molar-refractivity contribution in [2.75, 3.05) is 81.5 Å². The maximum atomic E-state index is 13.6. The lowest BCUT2D eigenvalue weighted by molar-refractivity contribution is 0.00730. The Labute approximate surface area is 297 Å². The van der Waals surface area contributed by atoms with Crippen molar-refractivity contribution in [3.63, 3.8) is 0 Å². The van der Waals surface area contributed by atoms with Crippen LogP contribution in [0.1, 0.15) is 79.0 Å². The van der Waals surface area contributed by atoms with Gasteiger partial charge in [0, 0.05) is 13.1 Å². The molecule has 0 amide bonds. The minimum atomic E-state index is -0.450. The Balaban J connectivity index is 1.45. The second-order valence-electron chi connectivity index (χ2n) is 12.8. The van der Waals surface area contributed by atoms with Crippen LogP contribution in [0.2, 0.25) is 0 Å². The van der Waals surface area contributed by atoms with Gasteiger partial charge in [-0.3, -0.25) is 0 Å². The molecule has 2 aromatic carbocycles. The van der Waals surface area contributed by atoms with Crippen molar-refractivity contribution >= 4 is 11.9 Å². The number of ether oxygens (including phenoxy) is 8. The highest BCUT2D eigenvalue weighted by Crippen LogP contribution is 2.40. The average molecular weight is 701 g/mol. The average Bonchev–Trinajstić information content (AvgIpc) is 4.00. The normalized spacial score (nSPS) is 16.0. The molecule has 1 N–H and O–H groups in total. The summed E-state index contributed by atoms with van der Waals surface area (Å²) < 4.78 is 45.5. The largest absolute Gasteiger partial charge is 0.493 e. The van der Waals surface area contributed by atoms with Gasteiger partial charge in [0.05, 0.1) is 59.9 Å². The van der Waals surface area contributed by atoms with Gasteiger partial charge in [-0.25, -0.2) is 9.59 Å². The monoisotopic (exact) mass is 700 g/mol. The van der Waals surface area contributed by atoms with Crippen molar-refractivity contribution < 1.29 is 47.5 Å². The summed E-state index contributed by atoms with van der Waals surface area (Å²) in [5, 5.41) is 3.47. The third kappa shape index (κ3) is 11.1. The SMILES string of the molecule is CCC(OC(=O)c1cc(OC)c(OC)c(OC)c1)C(CCCOc1cc(C(=O)OCCC2CC2)cc(OC)c1OC)CCN1CCCNCC1. The Hall–Kier alpha value is -3.90. The topological polar surface area (TPSA) is 123 Å². The third-order valence-electron chi connectivity index (χ3n) is 9.45. The molecule has 1 saturated heterocycles. The summed E-state index contributed by atoms with van der Waals surface area (Å²) in [6.07, 6.45) is 7.03. The molecule has 2 unspecified atom stereocenters. The van der Waals surface area contributed by atoms with E-state index in [1.54, 1.807) is 31.4 Å². The second-order valence-corrected chi connectivity index (χ2v) is 12.8. The van der Waals surface area contributed by atoms with Crippen LogP contribution in [0.15, 0.2) is 24.3 Å². The molecule has 278 valence electrons. The number of esters is 2. The van der Waals surface area contributed by atoms with E-state index in [1.165, 1.54) is 41.3 Å². The molecular weight excluding hydrogens is 644 g/mol. The lowest BCUT2D eigenvalue weighted by atomic mass is 9.91. The van der Waals surface area contributed by atoms with Crippen LogP contribution in [0.25, 0.3) is 0 Å². The Bertz CT molecular complexity index is 1350. The van der Waals surface area contributed by atoms with Crippen molar-refractivity contribution in [1.82, 2.24) is 10.2 Å². The zero-order valence-corrected chi connectivity index (χ0v) is 30.7. The highest BCUT2D eigenvalue weighted by molar-refractivity contribution is 5.92. The van der Waals surface area contributed by atoms with E-state index in [2.05, 4.69) is 10.2 Å². The molecule has 2 fully saturated rings. The van der Waals surface area contributed by atoms with Gasteiger partial charge in [-0.2, -0.15) is 0 Å². The number of nitrogens with zero attached hydrogens (tertiary/aromatic N) is 1. The van der Waals surface area contributed by atoms with Crippen LogP contribution in [0, 0.1) is 11.8 Å². The Morgan fingerprint density at radius 3 is 2.00 bits per heavy atom. The zero-order chi connectivity index (χ0) is 35.9. The molecule has 0 aromatic heterocycles. The minimum absolute atomic E-state index is 0.0787. The molecule has 1 saturated carbocycles. The van der Waals surface area contributed by atoms with Gasteiger partial charge in [0.25, 0.3) is 0 Å². The minimum Gasteiger partial charge on any atom is -0.493 e. The fourth-order valence-electron chi connectivity index (χ4n) is 6.40. The van der Waals surface area contributed by atoms with Crippen LogP contribution in [0.5, 0.6) is 34.5 Å². The van der Waals surface area contributed by atoms with Crippen molar-refractivity contribution in [3.05, 3.63) is 35.4 Å². The highest BCUT2D eigenvalue weighted by Gasteiger charge is 2.27. The van der Waals surface area contributed by atoms with E-state index in [0.29, 0.717) is 77.6 Å². The van der Waals surface area contributed by atoms with E-state index in [-0.39, 0.29) is 12.0 Å². The Morgan fingerprint density at radius 2 is 1.40 bits per heavy atom. The first-order chi connectivity index (χ1) is 24.3. The summed E-state index contributed by atoms with van der Waals surface area (Å²) in [7, 11) is 7.62. The Kier molecular flexibility index (Phi) is 15.6. The second kappa shape index (κ2) is 20.1. The molecule has 0 bridgehead atoms. The standard InChI is InChI=1S/C38H56N2O10/c1-7-30(50-38(42)29-23-31(43-2)35(46-5)32(24-29)44-3)27(13-18-40-17-9-15-39-16-19-40)10-8-20-48-34-25-28(22-33(45-4)36(34)47-6)37(41)49-21-14-26-11-12-26/h22-27,30,39H,7-21H2,1-6H3. The molecular formula is C38H56N2O10. The fourth-order valence-corrected chi connectivity index (χ4v) is 6.40. The van der Waals surface area contributed by atoms with Crippen LogP contribution < -0.4 is 33.7 Å². The highest BCUT2D eigenvalue weighted by atomic mass is 16.6. The van der Waals surface area contributed by atoms with E-state index < -0.39 is 11.9 Å². The summed E-state index contributed by atoms with van der Waals surface area (Å²) in [6, 6.07) is 6.50. The maximum absolute atomic E-state index is 13.6. The van der Waals surface area contributed by atoms with Gasteiger partial charge < -0.3 is 48.1 Å². The molecule has 1 heterocycles.